The molecule has 1 aromatic carbocycles. The van der Waals surface area contributed by atoms with Crippen LogP contribution in [-0.2, 0) is 10.1 Å². The van der Waals surface area contributed by atoms with E-state index in [-0.39, 0.29) is 4.90 Å². The molecule has 1 N–H and O–H groups in total. The van der Waals surface area contributed by atoms with Crippen molar-refractivity contribution >= 4 is 10.1 Å². The van der Waals surface area contributed by atoms with Crippen molar-refractivity contribution in [3.8, 4) is 0 Å². The maximum Gasteiger partial charge on any atom is 0.295 e. The topological polar surface area (TPSA) is 54.4 Å². The largest absolute Gasteiger partial charge is 0.295 e. The highest BCUT2D eigenvalue weighted by Crippen LogP contribution is 2.51. The molecule has 4 rings (SSSR count). The van der Waals surface area contributed by atoms with Gasteiger partial charge in [0.2, 0.25) is 0 Å². The molecule has 4 heteroatoms. The van der Waals surface area contributed by atoms with Gasteiger partial charge in [-0.25, -0.2) is 0 Å². The molecule has 3 nitrogen and oxygen atoms in total. The molecule has 0 radical (unpaired) electrons. The van der Waals surface area contributed by atoms with Crippen molar-refractivity contribution in [2.75, 3.05) is 0 Å². The van der Waals surface area contributed by atoms with Crippen LogP contribution in [0, 0.1) is 17.8 Å². The molecule has 0 saturated heterocycles. The SMILES string of the molecule is CC1CC(c2cc(C3CC(C)C3)c(S(=O)(=O)O)c(C3CC(C)C3)c2)C1. The zero-order chi connectivity index (χ0) is 17.9. The van der Waals surface area contributed by atoms with E-state index in [2.05, 4.69) is 32.9 Å². The Bertz CT molecular complexity index is 725. The van der Waals surface area contributed by atoms with Gasteiger partial charge in [-0.1, -0.05) is 32.9 Å². The van der Waals surface area contributed by atoms with E-state index in [9.17, 15) is 13.0 Å². The summed E-state index contributed by atoms with van der Waals surface area (Å²) in [5, 5.41) is 0. The van der Waals surface area contributed by atoms with Crippen LogP contribution < -0.4 is 0 Å². The fraction of sp³-hybridized carbons (Fsp3) is 0.714. The first-order valence-corrected chi connectivity index (χ1v) is 11.3. The summed E-state index contributed by atoms with van der Waals surface area (Å²) >= 11 is 0. The van der Waals surface area contributed by atoms with Crippen LogP contribution in [-0.4, -0.2) is 13.0 Å². The zero-order valence-corrected chi connectivity index (χ0v) is 16.3. The summed E-state index contributed by atoms with van der Waals surface area (Å²) in [6.07, 6.45) is 6.54. The molecule has 25 heavy (non-hydrogen) atoms. The van der Waals surface area contributed by atoms with Crippen molar-refractivity contribution in [3.63, 3.8) is 0 Å². The molecule has 3 aliphatic rings. The summed E-state index contributed by atoms with van der Waals surface area (Å²) in [6, 6.07) is 4.25. The maximum atomic E-state index is 12.3. The van der Waals surface area contributed by atoms with E-state index in [0.29, 0.717) is 29.6 Å². The average molecular weight is 363 g/mol. The van der Waals surface area contributed by atoms with E-state index in [1.54, 1.807) is 0 Å². The summed E-state index contributed by atoms with van der Waals surface area (Å²) in [4.78, 5) is 0.262. The third-order valence-electron chi connectivity index (χ3n) is 6.90. The molecule has 0 amide bonds. The van der Waals surface area contributed by atoms with Gasteiger partial charge in [-0.3, -0.25) is 4.55 Å². The molecular formula is C21H30O3S. The second-order valence-electron chi connectivity index (χ2n) is 9.32. The standard InChI is InChI=1S/C21H30O3S/c1-12-4-15(5-12)16-10-19(17-6-13(2)7-17)21(25(22,23)24)20(11-16)18-8-14(3)9-18/h10-15,17-18H,4-9H2,1-3H3,(H,22,23,24). The Balaban J connectivity index is 1.81. The zero-order valence-electron chi connectivity index (χ0n) is 15.5. The first-order chi connectivity index (χ1) is 11.7. The van der Waals surface area contributed by atoms with Crippen molar-refractivity contribution in [1.29, 1.82) is 0 Å². The van der Waals surface area contributed by atoms with E-state index in [4.69, 9.17) is 0 Å². The monoisotopic (exact) mass is 362 g/mol. The van der Waals surface area contributed by atoms with Gasteiger partial charge in [0, 0.05) is 0 Å². The molecule has 0 unspecified atom stereocenters. The van der Waals surface area contributed by atoms with Crippen LogP contribution in [0.25, 0.3) is 0 Å². The fourth-order valence-corrected chi connectivity index (χ4v) is 6.37. The minimum atomic E-state index is -4.18. The Morgan fingerprint density at radius 1 is 0.760 bits per heavy atom. The van der Waals surface area contributed by atoms with Gasteiger partial charge in [0.05, 0.1) is 0 Å². The fourth-order valence-electron chi connectivity index (χ4n) is 5.33. The summed E-state index contributed by atoms with van der Waals surface area (Å²) in [5.41, 5.74) is 3.13. The Kier molecular flexibility index (Phi) is 4.27. The second kappa shape index (κ2) is 6.09. The predicted octanol–water partition coefficient (Wildman–Crippen LogP) is 5.47. The average Bonchev–Trinajstić information content (AvgIpc) is 2.43. The van der Waals surface area contributed by atoms with Crippen LogP contribution in [0.15, 0.2) is 17.0 Å². The molecule has 0 aliphatic heterocycles. The molecule has 0 bridgehead atoms. The normalized spacial score (nSPS) is 37.8. The third kappa shape index (κ3) is 3.16. The number of hydrogen-bond acceptors (Lipinski definition) is 2. The molecule has 138 valence electrons. The van der Waals surface area contributed by atoms with Crippen LogP contribution in [0.4, 0.5) is 0 Å². The first kappa shape index (κ1) is 17.5. The van der Waals surface area contributed by atoms with Gasteiger partial charge in [0.15, 0.2) is 0 Å². The van der Waals surface area contributed by atoms with Crippen molar-refractivity contribution in [2.24, 2.45) is 17.8 Å². The van der Waals surface area contributed by atoms with Gasteiger partial charge in [-0.2, -0.15) is 8.42 Å². The molecule has 0 heterocycles. The van der Waals surface area contributed by atoms with Crippen molar-refractivity contribution < 1.29 is 13.0 Å². The molecule has 3 fully saturated rings. The van der Waals surface area contributed by atoms with Gasteiger partial charge in [0.25, 0.3) is 10.1 Å². The highest BCUT2D eigenvalue weighted by atomic mass is 32.2. The predicted molar refractivity (Wildman–Crippen MR) is 99.7 cm³/mol. The minimum absolute atomic E-state index is 0.262. The number of benzene rings is 1. The summed E-state index contributed by atoms with van der Waals surface area (Å²) in [7, 11) is -4.18. The lowest BCUT2D eigenvalue weighted by Gasteiger charge is -2.40. The Morgan fingerprint density at radius 2 is 1.12 bits per heavy atom. The van der Waals surface area contributed by atoms with E-state index in [0.717, 1.165) is 42.7 Å². The van der Waals surface area contributed by atoms with Gasteiger partial charge in [-0.05, 0) is 90.7 Å². The van der Waals surface area contributed by atoms with Crippen LogP contribution in [0.2, 0.25) is 0 Å². The van der Waals surface area contributed by atoms with E-state index in [1.165, 1.54) is 18.4 Å². The smallest absolute Gasteiger partial charge is 0.282 e. The van der Waals surface area contributed by atoms with Crippen molar-refractivity contribution in [3.05, 3.63) is 28.8 Å². The van der Waals surface area contributed by atoms with Gasteiger partial charge in [-0.15, -0.1) is 0 Å². The Labute approximate surface area is 152 Å². The Morgan fingerprint density at radius 3 is 1.44 bits per heavy atom. The summed E-state index contributed by atoms with van der Waals surface area (Å²) < 4.78 is 34.6. The van der Waals surface area contributed by atoms with Crippen LogP contribution in [0.1, 0.15) is 93.7 Å². The van der Waals surface area contributed by atoms with E-state index < -0.39 is 10.1 Å². The lowest BCUT2D eigenvalue weighted by molar-refractivity contribution is 0.269. The van der Waals surface area contributed by atoms with Crippen LogP contribution >= 0.6 is 0 Å². The maximum absolute atomic E-state index is 12.3. The molecule has 3 saturated carbocycles. The molecule has 3 aliphatic carbocycles. The lowest BCUT2D eigenvalue weighted by Crippen LogP contribution is -2.27. The second-order valence-corrected chi connectivity index (χ2v) is 10.7. The van der Waals surface area contributed by atoms with Gasteiger partial charge < -0.3 is 0 Å². The molecule has 0 atom stereocenters. The summed E-state index contributed by atoms with van der Waals surface area (Å²) in [5.74, 6) is 3.22. The highest BCUT2D eigenvalue weighted by Gasteiger charge is 2.38. The van der Waals surface area contributed by atoms with Crippen molar-refractivity contribution in [1.82, 2.24) is 0 Å². The molecule has 0 aromatic heterocycles. The molecular weight excluding hydrogens is 332 g/mol. The molecule has 1 aromatic rings. The minimum Gasteiger partial charge on any atom is -0.282 e. The van der Waals surface area contributed by atoms with E-state index >= 15 is 0 Å². The Hall–Kier alpha value is -0.870. The van der Waals surface area contributed by atoms with Crippen LogP contribution in [0.5, 0.6) is 0 Å². The van der Waals surface area contributed by atoms with Crippen molar-refractivity contribution in [2.45, 2.75) is 81.9 Å². The molecule has 0 spiro atoms. The van der Waals surface area contributed by atoms with Gasteiger partial charge in [0.1, 0.15) is 4.90 Å². The van der Waals surface area contributed by atoms with E-state index in [1.807, 2.05) is 0 Å². The first-order valence-electron chi connectivity index (χ1n) is 9.87. The highest BCUT2D eigenvalue weighted by molar-refractivity contribution is 7.86. The summed E-state index contributed by atoms with van der Waals surface area (Å²) in [6.45, 7) is 6.72. The quantitative estimate of drug-likeness (QED) is 0.722. The number of hydrogen-bond donors (Lipinski definition) is 1. The van der Waals surface area contributed by atoms with Crippen LogP contribution in [0.3, 0.4) is 0 Å². The number of rotatable bonds is 4. The lowest BCUT2D eigenvalue weighted by atomic mass is 9.66. The third-order valence-corrected chi connectivity index (χ3v) is 7.89. The van der Waals surface area contributed by atoms with Gasteiger partial charge >= 0.3 is 0 Å².